The molecule has 1 rings (SSSR count). The average Bonchev–Trinajstić information content (AvgIpc) is 2.36. The third kappa shape index (κ3) is 4.92. The summed E-state index contributed by atoms with van der Waals surface area (Å²) in [6.45, 7) is 4.07. The Kier molecular flexibility index (Phi) is 6.05. The maximum atomic E-state index is 11.8. The summed E-state index contributed by atoms with van der Waals surface area (Å²) >= 11 is 5.62. The van der Waals surface area contributed by atoms with Gasteiger partial charge in [-0.2, -0.15) is 0 Å². The average molecular weight is 291 g/mol. The lowest BCUT2D eigenvalue weighted by molar-refractivity contribution is 0.567. The van der Waals surface area contributed by atoms with Crippen LogP contribution in [0, 0.1) is 5.92 Å². The lowest BCUT2D eigenvalue weighted by atomic mass is 10.1. The minimum Gasteiger partial charge on any atom is -0.260 e. The second kappa shape index (κ2) is 7.07. The zero-order valence-corrected chi connectivity index (χ0v) is 12.3. The van der Waals surface area contributed by atoms with Gasteiger partial charge in [0, 0.05) is 12.1 Å². The lowest BCUT2D eigenvalue weighted by Crippen LogP contribution is -2.29. The number of aryl methyl sites for hydroxylation is 1. The molecule has 0 saturated heterocycles. The zero-order valence-electron chi connectivity index (χ0n) is 10.7. The number of sulfonamides is 1. The lowest BCUT2D eigenvalue weighted by Gasteiger charge is -2.11. The first kappa shape index (κ1) is 15.4. The van der Waals surface area contributed by atoms with E-state index in [0.29, 0.717) is 5.88 Å². The molecule has 0 aliphatic rings. The zero-order chi connectivity index (χ0) is 13.6. The molecule has 1 atom stereocenters. The number of halogens is 1. The molecule has 0 spiro atoms. The maximum Gasteiger partial charge on any atom is 0.212 e. The predicted octanol–water partition coefficient (Wildman–Crippen LogP) is 1.94. The van der Waals surface area contributed by atoms with Gasteiger partial charge in [-0.25, -0.2) is 13.1 Å². The topological polar surface area (TPSA) is 59.1 Å². The van der Waals surface area contributed by atoms with Crippen molar-refractivity contribution < 1.29 is 8.42 Å². The van der Waals surface area contributed by atoms with E-state index in [1.54, 1.807) is 6.20 Å². The predicted molar refractivity (Wildman–Crippen MR) is 74.1 cm³/mol. The maximum absolute atomic E-state index is 11.8. The van der Waals surface area contributed by atoms with E-state index < -0.39 is 10.0 Å². The van der Waals surface area contributed by atoms with Crippen LogP contribution in [0.3, 0.4) is 0 Å². The molecule has 18 heavy (non-hydrogen) atoms. The number of hydrogen-bond donors (Lipinski definition) is 1. The first-order valence-electron chi connectivity index (χ1n) is 5.94. The molecule has 6 heteroatoms. The smallest absolute Gasteiger partial charge is 0.212 e. The Hall–Kier alpha value is -0.650. The van der Waals surface area contributed by atoms with Crippen LogP contribution in [0.4, 0.5) is 0 Å². The van der Waals surface area contributed by atoms with Gasteiger partial charge in [0.25, 0.3) is 0 Å². The van der Waals surface area contributed by atoms with Crippen molar-refractivity contribution in [3.05, 3.63) is 29.6 Å². The van der Waals surface area contributed by atoms with Crippen LogP contribution in [-0.2, 0) is 23.0 Å². The van der Waals surface area contributed by atoms with E-state index in [-0.39, 0.29) is 18.2 Å². The summed E-state index contributed by atoms with van der Waals surface area (Å²) < 4.78 is 26.1. The molecular weight excluding hydrogens is 272 g/mol. The van der Waals surface area contributed by atoms with Gasteiger partial charge in [-0.05, 0) is 24.0 Å². The Bertz CT molecular complexity index is 477. The number of alkyl halides is 1. The van der Waals surface area contributed by atoms with Gasteiger partial charge in [0.15, 0.2) is 0 Å². The molecule has 0 bridgehead atoms. The number of pyridine rings is 1. The third-order valence-electron chi connectivity index (χ3n) is 2.59. The van der Waals surface area contributed by atoms with Crippen molar-refractivity contribution in [1.82, 2.24) is 9.71 Å². The molecule has 0 aliphatic carbocycles. The van der Waals surface area contributed by atoms with Gasteiger partial charge >= 0.3 is 0 Å². The molecule has 0 saturated carbocycles. The van der Waals surface area contributed by atoms with Crippen molar-refractivity contribution in [2.24, 2.45) is 5.92 Å². The Balaban J connectivity index is 2.64. The first-order chi connectivity index (χ1) is 8.48. The van der Waals surface area contributed by atoms with Crippen LogP contribution in [0.5, 0.6) is 0 Å². The van der Waals surface area contributed by atoms with Crippen molar-refractivity contribution in [3.8, 4) is 0 Å². The van der Waals surface area contributed by atoms with E-state index in [1.165, 1.54) is 0 Å². The number of aromatic nitrogens is 1. The highest BCUT2D eigenvalue weighted by atomic mass is 35.5. The van der Waals surface area contributed by atoms with Crippen molar-refractivity contribution in [2.45, 2.75) is 26.8 Å². The molecule has 1 heterocycles. The van der Waals surface area contributed by atoms with Gasteiger partial charge in [-0.3, -0.25) is 4.98 Å². The number of nitrogens with one attached hydrogen (secondary N) is 1. The second-order valence-corrected chi connectivity index (χ2v) is 6.48. The number of rotatable bonds is 7. The van der Waals surface area contributed by atoms with E-state index in [2.05, 4.69) is 9.71 Å². The number of hydrogen-bond acceptors (Lipinski definition) is 3. The monoisotopic (exact) mass is 290 g/mol. The molecule has 1 N–H and O–H groups in total. The summed E-state index contributed by atoms with van der Waals surface area (Å²) in [6, 6.07) is 3.81. The fraction of sp³-hybridized carbons (Fsp3) is 0.583. The highest BCUT2D eigenvalue weighted by molar-refractivity contribution is 7.89. The van der Waals surface area contributed by atoms with Crippen LogP contribution in [-0.4, -0.2) is 25.0 Å². The van der Waals surface area contributed by atoms with E-state index >= 15 is 0 Å². The molecule has 0 fully saturated rings. The van der Waals surface area contributed by atoms with Gasteiger partial charge in [-0.1, -0.05) is 19.9 Å². The third-order valence-corrected chi connectivity index (χ3v) is 4.71. The van der Waals surface area contributed by atoms with Crippen LogP contribution < -0.4 is 4.72 Å². The van der Waals surface area contributed by atoms with Crippen LogP contribution in [0.2, 0.25) is 0 Å². The SMILES string of the molecule is CCc1cccnc1CNS(=O)(=O)CC(C)CCl. The summed E-state index contributed by atoms with van der Waals surface area (Å²) in [5, 5.41) is 0. The molecule has 0 aromatic carbocycles. The summed E-state index contributed by atoms with van der Waals surface area (Å²) in [4.78, 5) is 4.20. The van der Waals surface area contributed by atoms with Crippen LogP contribution >= 0.6 is 11.6 Å². The summed E-state index contributed by atoms with van der Waals surface area (Å²) in [5.74, 6) is 0.328. The summed E-state index contributed by atoms with van der Waals surface area (Å²) in [6.07, 6.45) is 2.51. The molecule has 1 unspecified atom stereocenters. The van der Waals surface area contributed by atoms with Crippen LogP contribution in [0.15, 0.2) is 18.3 Å². The minimum absolute atomic E-state index is 0.0464. The second-order valence-electron chi connectivity index (χ2n) is 4.32. The van der Waals surface area contributed by atoms with Crippen molar-refractivity contribution in [2.75, 3.05) is 11.6 Å². The molecule has 102 valence electrons. The normalized spacial score (nSPS) is 13.5. The Morgan fingerprint density at radius 3 is 2.83 bits per heavy atom. The van der Waals surface area contributed by atoms with E-state index in [9.17, 15) is 8.42 Å². The largest absolute Gasteiger partial charge is 0.260 e. The van der Waals surface area contributed by atoms with Crippen molar-refractivity contribution in [1.29, 1.82) is 0 Å². The highest BCUT2D eigenvalue weighted by Crippen LogP contribution is 2.07. The molecule has 0 aliphatic heterocycles. The minimum atomic E-state index is -3.29. The molecule has 0 amide bonds. The highest BCUT2D eigenvalue weighted by Gasteiger charge is 2.15. The summed E-state index contributed by atoms with van der Waals surface area (Å²) in [5.41, 5.74) is 1.84. The first-order valence-corrected chi connectivity index (χ1v) is 8.13. The summed E-state index contributed by atoms with van der Waals surface area (Å²) in [7, 11) is -3.29. The Labute approximate surface area is 114 Å². The van der Waals surface area contributed by atoms with E-state index in [4.69, 9.17) is 11.6 Å². The van der Waals surface area contributed by atoms with Crippen molar-refractivity contribution in [3.63, 3.8) is 0 Å². The van der Waals surface area contributed by atoms with Crippen molar-refractivity contribution >= 4 is 21.6 Å². The van der Waals surface area contributed by atoms with Gasteiger partial charge in [0.2, 0.25) is 10.0 Å². The molecule has 1 aromatic rings. The Morgan fingerprint density at radius 1 is 1.50 bits per heavy atom. The molecule has 1 aromatic heterocycles. The molecular formula is C12H19ClN2O2S. The van der Waals surface area contributed by atoms with Gasteiger partial charge in [0.05, 0.1) is 18.0 Å². The fourth-order valence-electron chi connectivity index (χ4n) is 1.61. The van der Waals surface area contributed by atoms with Gasteiger partial charge in [-0.15, -0.1) is 11.6 Å². The molecule has 4 nitrogen and oxygen atoms in total. The van der Waals surface area contributed by atoms with Gasteiger partial charge in [0.1, 0.15) is 0 Å². The quantitative estimate of drug-likeness (QED) is 0.781. The number of nitrogens with zero attached hydrogens (tertiary/aromatic N) is 1. The fourth-order valence-corrected chi connectivity index (χ4v) is 3.19. The van der Waals surface area contributed by atoms with E-state index in [0.717, 1.165) is 17.7 Å². The standard InChI is InChI=1S/C12H19ClN2O2S/c1-3-11-5-4-6-14-12(11)8-15-18(16,17)9-10(2)7-13/h4-6,10,15H,3,7-9H2,1-2H3. The Morgan fingerprint density at radius 2 is 2.22 bits per heavy atom. The molecule has 0 radical (unpaired) electrons. The van der Waals surface area contributed by atoms with Crippen LogP contribution in [0.1, 0.15) is 25.1 Å². The van der Waals surface area contributed by atoms with Crippen LogP contribution in [0.25, 0.3) is 0 Å². The van der Waals surface area contributed by atoms with E-state index in [1.807, 2.05) is 26.0 Å². The van der Waals surface area contributed by atoms with Gasteiger partial charge < -0.3 is 0 Å².